The molecule has 3 nitrogen and oxygen atoms in total. The summed E-state index contributed by atoms with van der Waals surface area (Å²) in [4.78, 5) is 0. The standard InChI is InChI=1S/C16H21N3/c17-11-15(13-7-3-1-4-8-13)19-16(12-18)14-9-5-2-6-10-14/h1-10,15-16,19H,11-12,17-18H2. The maximum atomic E-state index is 5.88. The van der Waals surface area contributed by atoms with E-state index in [0.29, 0.717) is 13.1 Å². The average Bonchev–Trinajstić information content (AvgIpc) is 2.50. The molecule has 0 bridgehead atoms. The van der Waals surface area contributed by atoms with E-state index in [9.17, 15) is 0 Å². The fourth-order valence-corrected chi connectivity index (χ4v) is 2.21. The molecule has 0 fully saturated rings. The van der Waals surface area contributed by atoms with Crippen molar-refractivity contribution < 1.29 is 0 Å². The Morgan fingerprint density at radius 1 is 0.684 bits per heavy atom. The summed E-state index contributed by atoms with van der Waals surface area (Å²) in [6.45, 7) is 1.10. The molecular weight excluding hydrogens is 234 g/mol. The van der Waals surface area contributed by atoms with E-state index in [-0.39, 0.29) is 12.1 Å². The van der Waals surface area contributed by atoms with Crippen LogP contribution in [0.15, 0.2) is 60.7 Å². The predicted molar refractivity (Wildman–Crippen MR) is 79.6 cm³/mol. The van der Waals surface area contributed by atoms with Gasteiger partial charge in [0.25, 0.3) is 0 Å². The molecule has 0 saturated heterocycles. The first-order valence-corrected chi connectivity index (χ1v) is 6.61. The molecule has 5 N–H and O–H groups in total. The van der Waals surface area contributed by atoms with Crippen molar-refractivity contribution in [3.8, 4) is 0 Å². The first kappa shape index (κ1) is 13.7. The van der Waals surface area contributed by atoms with E-state index >= 15 is 0 Å². The Kier molecular flexibility index (Phi) is 5.10. The van der Waals surface area contributed by atoms with Gasteiger partial charge in [-0.2, -0.15) is 0 Å². The van der Waals surface area contributed by atoms with Gasteiger partial charge < -0.3 is 16.8 Å². The van der Waals surface area contributed by atoms with Crippen LogP contribution in [0, 0.1) is 0 Å². The highest BCUT2D eigenvalue weighted by Crippen LogP contribution is 2.18. The van der Waals surface area contributed by atoms with Gasteiger partial charge in [-0.3, -0.25) is 0 Å². The molecule has 0 aliphatic carbocycles. The summed E-state index contributed by atoms with van der Waals surface area (Å²) in [5, 5.41) is 3.54. The molecule has 2 rings (SSSR count). The monoisotopic (exact) mass is 255 g/mol. The lowest BCUT2D eigenvalue weighted by atomic mass is 10.0. The zero-order valence-corrected chi connectivity index (χ0v) is 11.0. The van der Waals surface area contributed by atoms with E-state index in [1.54, 1.807) is 0 Å². The minimum Gasteiger partial charge on any atom is -0.329 e. The molecule has 0 radical (unpaired) electrons. The Hall–Kier alpha value is -1.68. The summed E-state index contributed by atoms with van der Waals surface area (Å²) in [5.74, 6) is 0. The summed E-state index contributed by atoms with van der Waals surface area (Å²) in [6.07, 6.45) is 0. The van der Waals surface area contributed by atoms with Gasteiger partial charge >= 0.3 is 0 Å². The molecule has 0 saturated carbocycles. The molecule has 0 aromatic heterocycles. The van der Waals surface area contributed by atoms with Crippen molar-refractivity contribution in [3.63, 3.8) is 0 Å². The molecule has 0 aliphatic rings. The van der Waals surface area contributed by atoms with Gasteiger partial charge in [-0.25, -0.2) is 0 Å². The van der Waals surface area contributed by atoms with Gasteiger partial charge in [-0.15, -0.1) is 0 Å². The lowest BCUT2D eigenvalue weighted by Gasteiger charge is -2.24. The van der Waals surface area contributed by atoms with Gasteiger partial charge in [-0.05, 0) is 11.1 Å². The van der Waals surface area contributed by atoms with Crippen LogP contribution in [0.25, 0.3) is 0 Å². The van der Waals surface area contributed by atoms with Crippen LogP contribution in [0.5, 0.6) is 0 Å². The largest absolute Gasteiger partial charge is 0.329 e. The Bertz CT molecular complexity index is 424. The van der Waals surface area contributed by atoms with E-state index in [4.69, 9.17) is 11.5 Å². The number of nitrogens with two attached hydrogens (primary N) is 2. The number of benzene rings is 2. The molecule has 19 heavy (non-hydrogen) atoms. The first-order valence-electron chi connectivity index (χ1n) is 6.61. The highest BCUT2D eigenvalue weighted by Gasteiger charge is 2.15. The molecule has 0 heterocycles. The molecule has 0 spiro atoms. The van der Waals surface area contributed by atoms with Crippen LogP contribution in [0.1, 0.15) is 23.2 Å². The summed E-state index contributed by atoms with van der Waals surface area (Å²) < 4.78 is 0. The van der Waals surface area contributed by atoms with Crippen LogP contribution >= 0.6 is 0 Å². The average molecular weight is 255 g/mol. The van der Waals surface area contributed by atoms with Gasteiger partial charge in [0.15, 0.2) is 0 Å². The van der Waals surface area contributed by atoms with E-state index in [1.165, 1.54) is 11.1 Å². The maximum Gasteiger partial charge on any atom is 0.0449 e. The van der Waals surface area contributed by atoms with Crippen LogP contribution in [-0.2, 0) is 0 Å². The predicted octanol–water partition coefficient (Wildman–Crippen LogP) is 1.98. The van der Waals surface area contributed by atoms with Crippen LogP contribution in [0.2, 0.25) is 0 Å². The topological polar surface area (TPSA) is 64.1 Å². The molecule has 2 atom stereocenters. The molecule has 0 aliphatic heterocycles. The van der Waals surface area contributed by atoms with E-state index in [2.05, 4.69) is 29.6 Å². The number of rotatable bonds is 6. The summed E-state index contributed by atoms with van der Waals surface area (Å²) in [5.41, 5.74) is 14.2. The Balaban J connectivity index is 2.13. The third-order valence-electron chi connectivity index (χ3n) is 3.28. The van der Waals surface area contributed by atoms with E-state index < -0.39 is 0 Å². The van der Waals surface area contributed by atoms with Crippen LogP contribution in [0.4, 0.5) is 0 Å². The summed E-state index contributed by atoms with van der Waals surface area (Å²) >= 11 is 0. The fourth-order valence-electron chi connectivity index (χ4n) is 2.21. The highest BCUT2D eigenvalue weighted by atomic mass is 15.0. The van der Waals surface area contributed by atoms with E-state index in [0.717, 1.165) is 0 Å². The highest BCUT2D eigenvalue weighted by molar-refractivity contribution is 5.23. The third kappa shape index (κ3) is 3.64. The summed E-state index contributed by atoms with van der Waals surface area (Å²) in [6, 6.07) is 20.7. The van der Waals surface area contributed by atoms with Crippen molar-refractivity contribution >= 4 is 0 Å². The van der Waals surface area contributed by atoms with Gasteiger partial charge in [0, 0.05) is 25.2 Å². The Morgan fingerprint density at radius 3 is 1.37 bits per heavy atom. The van der Waals surface area contributed by atoms with Crippen molar-refractivity contribution in [3.05, 3.63) is 71.8 Å². The van der Waals surface area contributed by atoms with Gasteiger partial charge in [0.2, 0.25) is 0 Å². The van der Waals surface area contributed by atoms with Crippen LogP contribution < -0.4 is 16.8 Å². The molecule has 2 aromatic rings. The van der Waals surface area contributed by atoms with E-state index in [1.807, 2.05) is 36.4 Å². The molecule has 100 valence electrons. The SMILES string of the molecule is NCC(NC(CN)c1ccccc1)c1ccccc1. The fraction of sp³-hybridized carbons (Fsp3) is 0.250. The second-order valence-electron chi connectivity index (χ2n) is 4.56. The minimum absolute atomic E-state index is 0.120. The summed E-state index contributed by atoms with van der Waals surface area (Å²) in [7, 11) is 0. The van der Waals surface area contributed by atoms with Gasteiger partial charge in [0.1, 0.15) is 0 Å². The van der Waals surface area contributed by atoms with Crippen molar-refractivity contribution in [1.82, 2.24) is 5.32 Å². The Labute approximate surface area is 114 Å². The quantitative estimate of drug-likeness (QED) is 0.739. The molecule has 3 heteroatoms. The second kappa shape index (κ2) is 7.04. The smallest absolute Gasteiger partial charge is 0.0449 e. The molecule has 2 aromatic carbocycles. The van der Waals surface area contributed by atoms with Crippen molar-refractivity contribution in [2.24, 2.45) is 11.5 Å². The molecular formula is C16H21N3. The second-order valence-corrected chi connectivity index (χ2v) is 4.56. The number of hydrogen-bond donors (Lipinski definition) is 3. The Morgan fingerprint density at radius 2 is 1.05 bits per heavy atom. The molecule has 0 amide bonds. The lowest BCUT2D eigenvalue weighted by Crippen LogP contribution is -2.35. The normalized spacial score (nSPS) is 14.0. The van der Waals surface area contributed by atoms with Crippen LogP contribution in [-0.4, -0.2) is 13.1 Å². The zero-order valence-electron chi connectivity index (χ0n) is 11.0. The minimum atomic E-state index is 0.120. The number of nitrogens with one attached hydrogen (secondary N) is 1. The van der Waals surface area contributed by atoms with Crippen molar-refractivity contribution in [2.45, 2.75) is 12.1 Å². The van der Waals surface area contributed by atoms with Gasteiger partial charge in [0.05, 0.1) is 0 Å². The van der Waals surface area contributed by atoms with Gasteiger partial charge in [-0.1, -0.05) is 60.7 Å². The van der Waals surface area contributed by atoms with Crippen molar-refractivity contribution in [1.29, 1.82) is 0 Å². The first-order chi connectivity index (χ1) is 9.35. The zero-order chi connectivity index (χ0) is 13.5. The van der Waals surface area contributed by atoms with Crippen LogP contribution in [0.3, 0.4) is 0 Å². The van der Waals surface area contributed by atoms with Crippen molar-refractivity contribution in [2.75, 3.05) is 13.1 Å². The third-order valence-corrected chi connectivity index (χ3v) is 3.28. The lowest BCUT2D eigenvalue weighted by molar-refractivity contribution is 0.455. The molecule has 2 unspecified atom stereocenters. The maximum absolute atomic E-state index is 5.88. The number of hydrogen-bond acceptors (Lipinski definition) is 3.